The molecule has 1 aliphatic rings. The number of aromatic amines is 1. The number of nitrogens with zero attached hydrogens (tertiary/aromatic N) is 2. The van der Waals surface area contributed by atoms with Gasteiger partial charge < -0.3 is 15.0 Å². The Morgan fingerprint density at radius 1 is 1.61 bits per heavy atom. The zero-order chi connectivity index (χ0) is 13.3. The predicted molar refractivity (Wildman–Crippen MR) is 66.8 cm³/mol. The van der Waals surface area contributed by atoms with E-state index in [0.717, 1.165) is 12.8 Å². The van der Waals surface area contributed by atoms with Crippen LogP contribution in [0.15, 0.2) is 12.1 Å². The highest BCUT2D eigenvalue weighted by atomic mass is 35.5. The highest BCUT2D eigenvalue weighted by Crippen LogP contribution is 2.32. The molecule has 0 spiro atoms. The summed E-state index contributed by atoms with van der Waals surface area (Å²) in [5, 5.41) is 10.7. The molecular formula is C11H14ClN3O3. The molecule has 1 fully saturated rings. The summed E-state index contributed by atoms with van der Waals surface area (Å²) < 4.78 is 0. The van der Waals surface area contributed by atoms with Gasteiger partial charge in [-0.3, -0.25) is 4.79 Å². The quantitative estimate of drug-likeness (QED) is 0.517. The van der Waals surface area contributed by atoms with Crippen molar-refractivity contribution in [1.29, 1.82) is 0 Å². The van der Waals surface area contributed by atoms with Crippen LogP contribution in [0.1, 0.15) is 23.3 Å². The predicted octanol–water partition coefficient (Wildman–Crippen LogP) is 2.01. The number of hydrogen-bond acceptors (Lipinski definition) is 3. The van der Waals surface area contributed by atoms with Crippen molar-refractivity contribution in [3.8, 4) is 0 Å². The lowest BCUT2D eigenvalue weighted by molar-refractivity contribution is -0.389. The van der Waals surface area contributed by atoms with Crippen LogP contribution in [0.5, 0.6) is 0 Å². The van der Waals surface area contributed by atoms with E-state index >= 15 is 0 Å². The molecule has 98 valence electrons. The van der Waals surface area contributed by atoms with E-state index in [2.05, 4.69) is 4.98 Å². The summed E-state index contributed by atoms with van der Waals surface area (Å²) in [5.41, 5.74) is 0.242. The first-order valence-corrected chi connectivity index (χ1v) is 6.14. The van der Waals surface area contributed by atoms with E-state index in [1.165, 1.54) is 12.1 Å². The second-order valence-corrected chi connectivity index (χ2v) is 5.25. The second kappa shape index (κ2) is 4.97. The molecule has 1 aromatic rings. The maximum absolute atomic E-state index is 12.0. The van der Waals surface area contributed by atoms with Gasteiger partial charge >= 0.3 is 5.82 Å². The van der Waals surface area contributed by atoms with Crippen LogP contribution in [-0.2, 0) is 0 Å². The summed E-state index contributed by atoms with van der Waals surface area (Å²) in [4.78, 5) is 26.0. The number of amides is 1. The number of nitro groups is 1. The van der Waals surface area contributed by atoms with Crippen molar-refractivity contribution in [2.24, 2.45) is 5.92 Å². The molecule has 6 nitrogen and oxygen atoms in total. The maximum Gasteiger partial charge on any atom is 0.321 e. The number of alkyl halides is 1. The van der Waals surface area contributed by atoms with Crippen LogP contribution in [0, 0.1) is 16.0 Å². The normalized spacial score (nSPS) is 22.3. The Morgan fingerprint density at radius 3 is 2.78 bits per heavy atom. The summed E-state index contributed by atoms with van der Waals surface area (Å²) in [6.07, 6.45) is 1.84. The van der Waals surface area contributed by atoms with Gasteiger partial charge in [-0.25, -0.2) is 4.98 Å². The van der Waals surface area contributed by atoms with E-state index in [1.54, 1.807) is 11.9 Å². The fourth-order valence-electron chi connectivity index (χ4n) is 2.09. The summed E-state index contributed by atoms with van der Waals surface area (Å²) in [6, 6.07) is 2.72. The highest BCUT2D eigenvalue weighted by molar-refractivity contribution is 6.21. The molecule has 0 bridgehead atoms. The van der Waals surface area contributed by atoms with Crippen LogP contribution in [0.3, 0.4) is 0 Å². The minimum Gasteiger partial charge on any atom is -0.358 e. The Labute approximate surface area is 109 Å². The van der Waals surface area contributed by atoms with Gasteiger partial charge in [0.25, 0.3) is 5.91 Å². The van der Waals surface area contributed by atoms with Crippen molar-refractivity contribution in [3.05, 3.63) is 27.9 Å². The Morgan fingerprint density at radius 2 is 2.28 bits per heavy atom. The molecule has 0 radical (unpaired) electrons. The zero-order valence-corrected chi connectivity index (χ0v) is 10.7. The lowest BCUT2D eigenvalue weighted by Gasteiger charge is -2.33. The first-order valence-electron chi connectivity index (χ1n) is 5.70. The molecule has 2 rings (SSSR count). The first kappa shape index (κ1) is 12.9. The van der Waals surface area contributed by atoms with E-state index in [-0.39, 0.29) is 22.8 Å². The monoisotopic (exact) mass is 271 g/mol. The smallest absolute Gasteiger partial charge is 0.321 e. The SMILES string of the molecule is CN(CC1CC(Cl)C1)C(=O)c1ccc([N+](=O)[O-])[nH]1. The number of rotatable bonds is 4. The summed E-state index contributed by atoms with van der Waals surface area (Å²) in [7, 11) is 1.69. The first-order chi connectivity index (χ1) is 8.47. The molecule has 7 heteroatoms. The Kier molecular flexibility index (Phi) is 3.56. The van der Waals surface area contributed by atoms with Crippen LogP contribution in [-0.4, -0.2) is 39.7 Å². The molecule has 1 aromatic heterocycles. The number of carbonyl (C=O) groups is 1. The van der Waals surface area contributed by atoms with Gasteiger partial charge in [0.2, 0.25) is 0 Å². The van der Waals surface area contributed by atoms with Crippen LogP contribution >= 0.6 is 11.6 Å². The van der Waals surface area contributed by atoms with Gasteiger partial charge in [0.15, 0.2) is 5.69 Å². The van der Waals surface area contributed by atoms with Crippen LogP contribution in [0.4, 0.5) is 5.82 Å². The van der Waals surface area contributed by atoms with Crippen molar-refractivity contribution in [1.82, 2.24) is 9.88 Å². The molecule has 1 aliphatic carbocycles. The molecule has 0 saturated heterocycles. The number of hydrogen-bond donors (Lipinski definition) is 1. The zero-order valence-electron chi connectivity index (χ0n) is 9.93. The van der Waals surface area contributed by atoms with Crippen LogP contribution in [0.2, 0.25) is 0 Å². The van der Waals surface area contributed by atoms with E-state index in [1.807, 2.05) is 0 Å². The highest BCUT2D eigenvalue weighted by Gasteiger charge is 2.30. The third-order valence-corrected chi connectivity index (χ3v) is 3.51. The van der Waals surface area contributed by atoms with Gasteiger partial charge in [-0.1, -0.05) is 0 Å². The number of halogens is 1. The number of H-pyrrole nitrogens is 1. The third kappa shape index (κ3) is 2.64. The molecule has 1 amide bonds. The summed E-state index contributed by atoms with van der Waals surface area (Å²) in [6.45, 7) is 0.634. The van der Waals surface area contributed by atoms with E-state index in [9.17, 15) is 14.9 Å². The molecule has 1 N–H and O–H groups in total. The molecule has 0 aromatic carbocycles. The number of nitrogens with one attached hydrogen (secondary N) is 1. The Hall–Kier alpha value is -1.56. The van der Waals surface area contributed by atoms with E-state index in [4.69, 9.17) is 11.6 Å². The lowest BCUT2D eigenvalue weighted by atomic mass is 9.84. The Bertz CT molecular complexity index is 468. The molecule has 0 aliphatic heterocycles. The van der Waals surface area contributed by atoms with Crippen molar-refractivity contribution in [2.75, 3.05) is 13.6 Å². The summed E-state index contributed by atoms with van der Waals surface area (Å²) >= 11 is 5.88. The molecule has 1 saturated carbocycles. The third-order valence-electron chi connectivity index (χ3n) is 3.15. The van der Waals surface area contributed by atoms with Crippen molar-refractivity contribution in [3.63, 3.8) is 0 Å². The van der Waals surface area contributed by atoms with Crippen molar-refractivity contribution >= 4 is 23.3 Å². The molecule has 1 heterocycles. The van der Waals surface area contributed by atoms with Gasteiger partial charge in [-0.05, 0) is 29.7 Å². The fraction of sp³-hybridized carbons (Fsp3) is 0.545. The van der Waals surface area contributed by atoms with Crippen LogP contribution < -0.4 is 0 Å². The molecule has 0 atom stereocenters. The van der Waals surface area contributed by atoms with E-state index in [0.29, 0.717) is 12.5 Å². The lowest BCUT2D eigenvalue weighted by Crippen LogP contribution is -2.38. The minimum atomic E-state index is -0.555. The fourth-order valence-corrected chi connectivity index (χ4v) is 2.60. The summed E-state index contributed by atoms with van der Waals surface area (Å²) in [5.74, 6) is 0.0312. The average Bonchev–Trinajstić information content (AvgIpc) is 2.75. The van der Waals surface area contributed by atoms with Gasteiger partial charge in [0.05, 0.1) is 0 Å². The number of aromatic nitrogens is 1. The van der Waals surface area contributed by atoms with Gasteiger partial charge in [0.1, 0.15) is 0 Å². The van der Waals surface area contributed by atoms with E-state index < -0.39 is 4.92 Å². The molecule has 18 heavy (non-hydrogen) atoms. The van der Waals surface area contributed by atoms with Crippen molar-refractivity contribution < 1.29 is 9.72 Å². The van der Waals surface area contributed by atoms with Crippen molar-refractivity contribution in [2.45, 2.75) is 18.2 Å². The molecular weight excluding hydrogens is 258 g/mol. The van der Waals surface area contributed by atoms with Crippen LogP contribution in [0.25, 0.3) is 0 Å². The minimum absolute atomic E-state index is 0.170. The number of carbonyl (C=O) groups excluding carboxylic acids is 1. The standard InChI is InChI=1S/C11H14ClN3O3/c1-14(6-7-4-8(12)5-7)11(16)9-2-3-10(13-9)15(17)18/h2-3,7-8,13H,4-6H2,1H3. The second-order valence-electron chi connectivity index (χ2n) is 4.63. The van der Waals surface area contributed by atoms with Gasteiger partial charge in [-0.2, -0.15) is 0 Å². The Balaban J connectivity index is 1.94. The van der Waals surface area contributed by atoms with Gasteiger partial charge in [-0.15, -0.1) is 11.6 Å². The average molecular weight is 272 g/mol. The largest absolute Gasteiger partial charge is 0.358 e. The van der Waals surface area contributed by atoms with Gasteiger partial charge in [0, 0.05) is 25.0 Å². The maximum atomic E-state index is 12.0. The topological polar surface area (TPSA) is 79.2 Å². The molecule has 0 unspecified atom stereocenters.